The van der Waals surface area contributed by atoms with Crippen molar-refractivity contribution < 1.29 is 43.7 Å². The highest BCUT2D eigenvalue weighted by atomic mass is 19.1. The highest BCUT2D eigenvalue weighted by molar-refractivity contribution is 6.05. The Balaban J connectivity index is 1.09. The van der Waals surface area contributed by atoms with Crippen LogP contribution >= 0.6 is 0 Å². The maximum atomic E-state index is 14.1. The number of nitrogens with two attached hydrogens (primary N) is 2. The maximum absolute atomic E-state index is 14.1. The van der Waals surface area contributed by atoms with Gasteiger partial charge in [-0.2, -0.15) is 4.68 Å². The molecule has 0 radical (unpaired) electrons. The van der Waals surface area contributed by atoms with Crippen molar-refractivity contribution in [2.75, 3.05) is 22.9 Å². The zero-order valence-electron chi connectivity index (χ0n) is 34.1. The van der Waals surface area contributed by atoms with E-state index in [4.69, 9.17) is 16.6 Å². The second kappa shape index (κ2) is 23.8. The molecule has 4 rings (SSSR count). The summed E-state index contributed by atoms with van der Waals surface area (Å²) in [6.45, 7) is 2.29. The predicted octanol–water partition coefficient (Wildman–Crippen LogP) is 6.89. The number of carbonyl (C=O) groups excluding carboxylic acids is 4. The number of benzene rings is 3. The van der Waals surface area contributed by atoms with Crippen molar-refractivity contribution >= 4 is 57.7 Å². The van der Waals surface area contributed by atoms with Crippen molar-refractivity contribution in [2.24, 2.45) is 11.7 Å². The van der Waals surface area contributed by atoms with Gasteiger partial charge >= 0.3 is 12.0 Å². The molecule has 16 heteroatoms. The summed E-state index contributed by atoms with van der Waals surface area (Å²) < 4.78 is 15.5. The minimum atomic E-state index is -1.73. The number of aliphatic hydroxyl groups is 2. The van der Waals surface area contributed by atoms with Crippen LogP contribution in [0.5, 0.6) is 0 Å². The fraction of sp³-hybridized carbons (Fsp3) is 0.455. The molecule has 324 valence electrons. The molecule has 0 saturated carbocycles. The molecule has 0 spiro atoms. The summed E-state index contributed by atoms with van der Waals surface area (Å²) in [5.74, 6) is -2.95. The van der Waals surface area contributed by atoms with Crippen LogP contribution in [0, 0.1) is 18.7 Å². The molecule has 4 aromatic rings. The quantitative estimate of drug-likeness (QED) is 0.0252. The Morgan fingerprint density at radius 3 is 2.13 bits per heavy atom. The topological polar surface area (TPSA) is 252 Å². The van der Waals surface area contributed by atoms with Gasteiger partial charge in [0, 0.05) is 43.8 Å². The highest BCUT2D eigenvalue weighted by Gasteiger charge is 2.23. The summed E-state index contributed by atoms with van der Waals surface area (Å²) in [5.41, 5.74) is 15.9. The smallest absolute Gasteiger partial charge is 0.323 e. The number of aliphatic hydroxyl groups excluding tert-OH is 1. The van der Waals surface area contributed by atoms with Crippen molar-refractivity contribution in [3.8, 4) is 11.1 Å². The van der Waals surface area contributed by atoms with Crippen molar-refractivity contribution in [1.82, 2.24) is 15.1 Å². The molecule has 0 unspecified atom stereocenters. The lowest BCUT2D eigenvalue weighted by molar-refractivity contribution is -0.138. The number of carbonyl (C=O) groups is 5. The lowest BCUT2D eigenvalue weighted by Crippen LogP contribution is -2.37. The number of carboxylic acid groups (broad SMARTS) is 1. The first-order valence-electron chi connectivity index (χ1n) is 20.6. The number of nitrogens with one attached hydrogen (secondary N) is 3. The second-order valence-corrected chi connectivity index (χ2v) is 15.2. The highest BCUT2D eigenvalue weighted by Crippen LogP contribution is 2.33. The van der Waals surface area contributed by atoms with Crippen LogP contribution in [0.1, 0.15) is 107 Å². The number of carboxylic acids is 1. The number of nitrogens with zero attached hydrogens (tertiary/aromatic N) is 2. The fourth-order valence-corrected chi connectivity index (χ4v) is 7.00. The van der Waals surface area contributed by atoms with E-state index in [1.807, 2.05) is 30.3 Å². The van der Waals surface area contributed by atoms with Crippen molar-refractivity contribution in [2.45, 2.75) is 116 Å². The van der Waals surface area contributed by atoms with E-state index in [0.717, 1.165) is 74.5 Å². The standard InChI is InChI=1S/C44H58FN7O8/c1-28-15-22-33(45)35(26-28)50-44(60)49-31-20-16-29(17-21-31)32-12-11-13-36-41(32)42(47)51-52(36)39(55)14-9-7-5-3-2-4-6-8-10-25-48-38(54)27-34(46)37(53)23-18-30(43(58)59)19-24-40(56)57/h11-13,15-17,20-22,26,30,34,43,58-59H,2-10,14,18-19,23-25,27,46H2,1H3,(H2,47,51)(H,48,54)(H,56,57)(H2,49,50,60)/t30-,34-/m0/s1. The molecule has 0 aliphatic heterocycles. The number of halogens is 1. The Hall–Kier alpha value is -5.71. The zero-order valence-corrected chi connectivity index (χ0v) is 34.1. The predicted molar refractivity (Wildman–Crippen MR) is 229 cm³/mol. The third-order valence-corrected chi connectivity index (χ3v) is 10.4. The van der Waals surface area contributed by atoms with Crippen molar-refractivity contribution in [3.63, 3.8) is 0 Å². The fourth-order valence-electron chi connectivity index (χ4n) is 7.00. The summed E-state index contributed by atoms with van der Waals surface area (Å²) in [6.07, 6.45) is 6.83. The monoisotopic (exact) mass is 831 g/mol. The third kappa shape index (κ3) is 14.8. The summed E-state index contributed by atoms with van der Waals surface area (Å²) >= 11 is 0. The van der Waals surface area contributed by atoms with Gasteiger partial charge in [0.05, 0.1) is 22.6 Å². The number of amides is 3. The number of anilines is 3. The SMILES string of the molecule is Cc1ccc(F)c(NC(=O)Nc2ccc(-c3cccc4c3c(N)nn4C(=O)CCCCCCCCCCCNC(=O)C[C@H](N)C(=O)CC[C@@H](CCC(=O)O)C(O)O)cc2)c1. The Morgan fingerprint density at radius 1 is 0.817 bits per heavy atom. The van der Waals surface area contributed by atoms with Crippen LogP contribution in [-0.2, 0) is 14.4 Å². The molecule has 0 aliphatic rings. The van der Waals surface area contributed by atoms with Gasteiger partial charge in [0.25, 0.3) is 0 Å². The number of aryl methyl sites for hydroxylation is 1. The lowest BCUT2D eigenvalue weighted by atomic mass is 9.93. The molecule has 2 atom stereocenters. The molecule has 15 nitrogen and oxygen atoms in total. The van der Waals surface area contributed by atoms with Gasteiger partial charge in [0.15, 0.2) is 12.1 Å². The summed E-state index contributed by atoms with van der Waals surface area (Å²) in [4.78, 5) is 61.1. The van der Waals surface area contributed by atoms with Crippen LogP contribution in [-0.4, -0.2) is 73.6 Å². The summed E-state index contributed by atoms with van der Waals surface area (Å²) in [5, 5.41) is 40.7. The Labute approximate surface area is 349 Å². The molecule has 0 aliphatic carbocycles. The van der Waals surface area contributed by atoms with Crippen LogP contribution in [0.25, 0.3) is 22.0 Å². The Kier molecular flexibility index (Phi) is 18.6. The lowest BCUT2D eigenvalue weighted by Gasteiger charge is -2.18. The normalized spacial score (nSPS) is 12.3. The molecule has 1 heterocycles. The van der Waals surface area contributed by atoms with Gasteiger partial charge in [-0.3, -0.25) is 19.2 Å². The maximum Gasteiger partial charge on any atom is 0.323 e. The Bertz CT molecular complexity index is 2070. The first-order valence-corrected chi connectivity index (χ1v) is 20.6. The number of aromatic nitrogens is 2. The number of nitrogen functional groups attached to an aromatic ring is 1. The van der Waals surface area contributed by atoms with E-state index in [0.29, 0.717) is 29.6 Å². The second-order valence-electron chi connectivity index (χ2n) is 15.2. The molecule has 10 N–H and O–H groups in total. The molecular formula is C44H58FN7O8. The molecule has 1 aromatic heterocycles. The van der Waals surface area contributed by atoms with Gasteiger partial charge in [-0.15, -0.1) is 5.10 Å². The number of ketones is 1. The van der Waals surface area contributed by atoms with Crippen LogP contribution in [0.3, 0.4) is 0 Å². The van der Waals surface area contributed by atoms with Gasteiger partial charge in [-0.1, -0.05) is 75.3 Å². The number of hydrogen-bond donors (Lipinski definition) is 8. The molecule has 60 heavy (non-hydrogen) atoms. The minimum absolute atomic E-state index is 0.0242. The third-order valence-electron chi connectivity index (χ3n) is 10.4. The molecule has 0 fully saturated rings. The van der Waals surface area contributed by atoms with Crippen molar-refractivity contribution in [1.29, 1.82) is 0 Å². The number of rotatable bonds is 25. The number of fused-ring (bicyclic) bond motifs is 1. The molecule has 0 bridgehead atoms. The van der Waals surface area contributed by atoms with Crippen molar-refractivity contribution in [3.05, 3.63) is 72.0 Å². The summed E-state index contributed by atoms with van der Waals surface area (Å²) in [6, 6.07) is 15.6. The van der Waals surface area contributed by atoms with Gasteiger partial charge in [-0.25, -0.2) is 9.18 Å². The van der Waals surface area contributed by atoms with E-state index >= 15 is 0 Å². The molecule has 0 saturated heterocycles. The molecule has 3 aromatic carbocycles. The minimum Gasteiger partial charge on any atom is -0.481 e. The Morgan fingerprint density at radius 2 is 1.47 bits per heavy atom. The van der Waals surface area contributed by atoms with E-state index in [1.165, 1.54) is 10.7 Å². The largest absolute Gasteiger partial charge is 0.481 e. The zero-order chi connectivity index (χ0) is 43.6. The number of unbranched alkanes of at least 4 members (excludes halogenated alkanes) is 8. The van der Waals surface area contributed by atoms with E-state index < -0.39 is 36.1 Å². The van der Waals surface area contributed by atoms with E-state index in [1.54, 1.807) is 31.2 Å². The van der Waals surface area contributed by atoms with Gasteiger partial charge in [-0.05, 0) is 79.6 Å². The average molecular weight is 832 g/mol. The van der Waals surface area contributed by atoms with Gasteiger partial charge in [0.1, 0.15) is 11.6 Å². The van der Waals surface area contributed by atoms with E-state index in [9.17, 15) is 38.6 Å². The molecule has 3 amide bonds. The number of urea groups is 1. The van der Waals surface area contributed by atoms with Crippen LogP contribution in [0.15, 0.2) is 60.7 Å². The average Bonchev–Trinajstić information content (AvgIpc) is 3.55. The number of aliphatic carboxylic acids is 1. The number of Topliss-reactive ketones (excluding diaryl/α,β-unsaturated/α-hetero) is 1. The number of hydrogen-bond acceptors (Lipinski definition) is 10. The van der Waals surface area contributed by atoms with E-state index in [-0.39, 0.29) is 61.2 Å². The van der Waals surface area contributed by atoms with Crippen LogP contribution < -0.4 is 27.4 Å². The van der Waals surface area contributed by atoms with Crippen LogP contribution in [0.2, 0.25) is 0 Å². The van der Waals surface area contributed by atoms with Gasteiger partial charge < -0.3 is 42.7 Å². The summed E-state index contributed by atoms with van der Waals surface area (Å²) in [7, 11) is 0. The molecular weight excluding hydrogens is 774 g/mol. The van der Waals surface area contributed by atoms with Crippen LogP contribution in [0.4, 0.5) is 26.4 Å². The van der Waals surface area contributed by atoms with E-state index in [2.05, 4.69) is 21.0 Å². The van der Waals surface area contributed by atoms with Gasteiger partial charge in [0.2, 0.25) is 11.8 Å². The first-order chi connectivity index (χ1) is 28.7. The first kappa shape index (κ1) is 47.0.